The number of fused-ring (bicyclic) bond motifs is 3. The van der Waals surface area contributed by atoms with Gasteiger partial charge < -0.3 is 0 Å². The molecule has 1 nitrogen and oxygen atoms in total. The quantitative estimate of drug-likeness (QED) is 0.771. The third-order valence-corrected chi connectivity index (χ3v) is 6.23. The number of hydrogen-bond acceptors (Lipinski definition) is 1. The number of piperidine rings is 1. The van der Waals surface area contributed by atoms with Gasteiger partial charge in [-0.2, -0.15) is 0 Å². The number of hydrogen-bond donors (Lipinski definition) is 0. The Morgan fingerprint density at radius 3 is 2.54 bits per heavy atom. The van der Waals surface area contributed by atoms with Gasteiger partial charge in [0.25, 0.3) is 0 Å². The highest BCUT2D eigenvalue weighted by molar-refractivity contribution is 5.69. The van der Waals surface area contributed by atoms with E-state index in [9.17, 15) is 0 Å². The van der Waals surface area contributed by atoms with Crippen molar-refractivity contribution in [2.45, 2.75) is 57.2 Å². The van der Waals surface area contributed by atoms with Crippen molar-refractivity contribution in [3.63, 3.8) is 0 Å². The molecule has 3 aliphatic rings. The van der Waals surface area contributed by atoms with E-state index in [0.29, 0.717) is 6.04 Å². The van der Waals surface area contributed by atoms with Crippen LogP contribution in [0.1, 0.15) is 47.9 Å². The molecule has 1 heteroatoms. The molecular weight excluding hydrogens is 290 g/mol. The zero-order valence-electron chi connectivity index (χ0n) is 14.2. The summed E-state index contributed by atoms with van der Waals surface area (Å²) in [5.41, 5.74) is 7.70. The summed E-state index contributed by atoms with van der Waals surface area (Å²) in [7, 11) is 0. The van der Waals surface area contributed by atoms with Gasteiger partial charge in [-0.05, 0) is 59.9 Å². The van der Waals surface area contributed by atoms with E-state index in [0.717, 1.165) is 12.6 Å². The molecule has 1 saturated heterocycles. The lowest BCUT2D eigenvalue weighted by molar-refractivity contribution is 0.0951. The number of rotatable bonds is 3. The zero-order valence-corrected chi connectivity index (χ0v) is 14.2. The standard InChI is InChI=1S/C23H25N/c1-2-5-17(6-3-1)16-24-22-7-4-8-23(24)15-21(14-22)20-12-10-18-9-11-19(18)13-20/h1-3,5-6,10,12-14,22-23H,4,7-9,11,15-16H2. The Labute approximate surface area is 145 Å². The summed E-state index contributed by atoms with van der Waals surface area (Å²) in [6.07, 6.45) is 10.4. The van der Waals surface area contributed by atoms with Gasteiger partial charge in [-0.25, -0.2) is 0 Å². The molecule has 1 fully saturated rings. The first kappa shape index (κ1) is 14.5. The molecule has 122 valence electrons. The van der Waals surface area contributed by atoms with E-state index in [1.165, 1.54) is 49.7 Å². The molecular formula is C23H25N. The van der Waals surface area contributed by atoms with E-state index in [2.05, 4.69) is 59.5 Å². The second-order valence-corrected chi connectivity index (χ2v) is 7.69. The largest absolute Gasteiger partial charge is 0.289 e. The summed E-state index contributed by atoms with van der Waals surface area (Å²) in [4.78, 5) is 2.75. The van der Waals surface area contributed by atoms with Gasteiger partial charge in [0.2, 0.25) is 0 Å². The monoisotopic (exact) mass is 315 g/mol. The zero-order chi connectivity index (χ0) is 15.9. The summed E-state index contributed by atoms with van der Waals surface area (Å²) >= 11 is 0. The average Bonchev–Trinajstić information content (AvgIpc) is 2.57. The van der Waals surface area contributed by atoms with Crippen molar-refractivity contribution in [3.8, 4) is 0 Å². The smallest absolute Gasteiger partial charge is 0.0290 e. The van der Waals surface area contributed by atoms with Crippen molar-refractivity contribution in [1.82, 2.24) is 4.90 Å². The number of aryl methyl sites for hydroxylation is 2. The summed E-state index contributed by atoms with van der Waals surface area (Å²) < 4.78 is 0. The number of nitrogens with zero attached hydrogens (tertiary/aromatic N) is 1. The van der Waals surface area contributed by atoms with Crippen LogP contribution in [0.4, 0.5) is 0 Å². The van der Waals surface area contributed by atoms with E-state index in [4.69, 9.17) is 0 Å². The fourth-order valence-electron chi connectivity index (χ4n) is 4.77. The number of benzene rings is 2. The van der Waals surface area contributed by atoms with Crippen molar-refractivity contribution >= 4 is 5.57 Å². The van der Waals surface area contributed by atoms with E-state index in [1.54, 1.807) is 16.7 Å². The Morgan fingerprint density at radius 2 is 1.79 bits per heavy atom. The Balaban J connectivity index is 1.43. The minimum atomic E-state index is 0.624. The van der Waals surface area contributed by atoms with Crippen LogP contribution in [-0.2, 0) is 19.4 Å². The molecule has 5 rings (SSSR count). The Bertz CT molecular complexity index is 774. The highest BCUT2D eigenvalue weighted by Gasteiger charge is 2.34. The first-order chi connectivity index (χ1) is 11.9. The summed E-state index contributed by atoms with van der Waals surface area (Å²) in [6, 6.07) is 19.5. The van der Waals surface area contributed by atoms with Gasteiger partial charge >= 0.3 is 0 Å². The third-order valence-electron chi connectivity index (χ3n) is 6.23. The van der Waals surface area contributed by atoms with E-state index in [1.807, 2.05) is 0 Å². The molecule has 0 saturated carbocycles. The molecule has 0 spiro atoms. The minimum absolute atomic E-state index is 0.624. The van der Waals surface area contributed by atoms with Gasteiger partial charge in [0.15, 0.2) is 0 Å². The third kappa shape index (κ3) is 2.52. The van der Waals surface area contributed by atoms with Crippen molar-refractivity contribution in [1.29, 1.82) is 0 Å². The Hall–Kier alpha value is -1.86. The lowest BCUT2D eigenvalue weighted by atomic mass is 9.80. The van der Waals surface area contributed by atoms with Crippen molar-refractivity contribution < 1.29 is 0 Å². The summed E-state index contributed by atoms with van der Waals surface area (Å²) in [5.74, 6) is 0. The normalized spacial score (nSPS) is 25.6. The highest BCUT2D eigenvalue weighted by atomic mass is 15.2. The molecule has 2 aromatic rings. The average molecular weight is 315 g/mol. The van der Waals surface area contributed by atoms with Gasteiger partial charge in [0.1, 0.15) is 0 Å². The van der Waals surface area contributed by atoms with Crippen LogP contribution in [0.5, 0.6) is 0 Å². The van der Waals surface area contributed by atoms with E-state index >= 15 is 0 Å². The molecule has 0 amide bonds. The fourth-order valence-corrected chi connectivity index (χ4v) is 4.77. The fraction of sp³-hybridized carbons (Fsp3) is 0.391. The summed E-state index contributed by atoms with van der Waals surface area (Å²) in [5, 5.41) is 0. The van der Waals surface area contributed by atoms with Crippen LogP contribution in [0.3, 0.4) is 0 Å². The molecule has 2 heterocycles. The van der Waals surface area contributed by atoms with Crippen LogP contribution in [0.15, 0.2) is 54.6 Å². The van der Waals surface area contributed by atoms with Crippen molar-refractivity contribution in [2.75, 3.05) is 0 Å². The van der Waals surface area contributed by atoms with Gasteiger partial charge in [-0.15, -0.1) is 0 Å². The summed E-state index contributed by atoms with van der Waals surface area (Å²) in [6.45, 7) is 1.10. The molecule has 2 aliphatic heterocycles. The maximum Gasteiger partial charge on any atom is 0.0290 e. The molecule has 2 aromatic carbocycles. The molecule has 0 aromatic heterocycles. The molecule has 0 radical (unpaired) electrons. The van der Waals surface area contributed by atoms with Crippen molar-refractivity contribution in [3.05, 3.63) is 76.9 Å². The maximum absolute atomic E-state index is 2.75. The molecule has 2 unspecified atom stereocenters. The van der Waals surface area contributed by atoms with Crippen LogP contribution in [0, 0.1) is 0 Å². The van der Waals surface area contributed by atoms with Crippen molar-refractivity contribution in [2.24, 2.45) is 0 Å². The second-order valence-electron chi connectivity index (χ2n) is 7.69. The first-order valence-electron chi connectivity index (χ1n) is 9.49. The Kier molecular flexibility index (Phi) is 3.56. The Morgan fingerprint density at radius 1 is 0.917 bits per heavy atom. The lowest BCUT2D eigenvalue weighted by Crippen LogP contribution is -2.47. The van der Waals surface area contributed by atoms with Gasteiger partial charge in [0, 0.05) is 18.6 Å². The topological polar surface area (TPSA) is 3.24 Å². The van der Waals surface area contributed by atoms with Crippen LogP contribution in [0.2, 0.25) is 0 Å². The van der Waals surface area contributed by atoms with E-state index in [-0.39, 0.29) is 0 Å². The van der Waals surface area contributed by atoms with Gasteiger partial charge in [-0.3, -0.25) is 4.90 Å². The second kappa shape index (κ2) is 5.89. The van der Waals surface area contributed by atoms with E-state index < -0.39 is 0 Å². The van der Waals surface area contributed by atoms with Gasteiger partial charge in [-0.1, -0.05) is 61.0 Å². The predicted octanol–water partition coefficient (Wildman–Crippen LogP) is 5.00. The minimum Gasteiger partial charge on any atom is -0.289 e. The molecule has 0 N–H and O–H groups in total. The van der Waals surface area contributed by atoms with Gasteiger partial charge in [0.05, 0.1) is 0 Å². The van der Waals surface area contributed by atoms with Crippen LogP contribution in [0.25, 0.3) is 5.57 Å². The highest BCUT2D eigenvalue weighted by Crippen LogP contribution is 2.39. The molecule has 2 bridgehead atoms. The van der Waals surface area contributed by atoms with Crippen LogP contribution < -0.4 is 0 Å². The maximum atomic E-state index is 2.75. The lowest BCUT2D eigenvalue weighted by Gasteiger charge is -2.45. The van der Waals surface area contributed by atoms with Crippen LogP contribution in [-0.4, -0.2) is 17.0 Å². The SMILES string of the molecule is C1=C(c2ccc3c(c2)CC3)CC2CCCC1N2Cc1ccccc1. The molecule has 24 heavy (non-hydrogen) atoms. The molecule has 1 aliphatic carbocycles. The molecule has 2 atom stereocenters. The van der Waals surface area contributed by atoms with Crippen LogP contribution >= 0.6 is 0 Å². The first-order valence-corrected chi connectivity index (χ1v) is 9.49. The predicted molar refractivity (Wildman–Crippen MR) is 99.9 cm³/mol.